The first-order valence-corrected chi connectivity index (χ1v) is 9.63. The van der Waals surface area contributed by atoms with Gasteiger partial charge in [0.15, 0.2) is 0 Å². The Kier molecular flexibility index (Phi) is 5.78. The second-order valence-electron chi connectivity index (χ2n) is 6.99. The maximum Gasteiger partial charge on any atom is 0.339 e. The van der Waals surface area contributed by atoms with E-state index in [1.54, 1.807) is 48.5 Å². The number of ether oxygens (including phenoxy) is 2. The van der Waals surface area contributed by atoms with Gasteiger partial charge in [0.2, 0.25) is 0 Å². The fourth-order valence-electron chi connectivity index (χ4n) is 3.21. The van der Waals surface area contributed by atoms with Crippen molar-refractivity contribution in [2.45, 2.75) is 13.2 Å². The molecule has 1 heterocycles. The highest BCUT2D eigenvalue weighted by molar-refractivity contribution is 6.22. The Morgan fingerprint density at radius 3 is 1.44 bits per heavy atom. The SMILES string of the molecule is O=C(OCc1ccccc1)c1cc2c(cc1C(=O)OCc1ccccc1)C(=O)N(O)C2=O. The summed E-state index contributed by atoms with van der Waals surface area (Å²) in [6, 6.07) is 19.9. The minimum Gasteiger partial charge on any atom is -0.457 e. The number of rotatable bonds is 6. The molecule has 32 heavy (non-hydrogen) atoms. The van der Waals surface area contributed by atoms with Crippen LogP contribution in [0.3, 0.4) is 0 Å². The van der Waals surface area contributed by atoms with Gasteiger partial charge in [-0.25, -0.2) is 9.59 Å². The Bertz CT molecular complexity index is 1110. The number of benzene rings is 3. The molecule has 8 heteroatoms. The summed E-state index contributed by atoms with van der Waals surface area (Å²) in [5, 5.41) is 9.59. The molecule has 3 aromatic carbocycles. The molecule has 0 unspecified atom stereocenters. The number of imide groups is 1. The summed E-state index contributed by atoms with van der Waals surface area (Å²) in [7, 11) is 0. The molecule has 1 N–H and O–H groups in total. The fraction of sp³-hybridized carbons (Fsp3) is 0.0833. The van der Waals surface area contributed by atoms with Crippen molar-refractivity contribution >= 4 is 23.8 Å². The maximum atomic E-state index is 12.8. The van der Waals surface area contributed by atoms with Crippen molar-refractivity contribution in [2.75, 3.05) is 0 Å². The van der Waals surface area contributed by atoms with Crippen molar-refractivity contribution in [1.82, 2.24) is 5.06 Å². The molecule has 8 nitrogen and oxygen atoms in total. The van der Waals surface area contributed by atoms with E-state index in [1.807, 2.05) is 12.1 Å². The van der Waals surface area contributed by atoms with Gasteiger partial charge in [-0.2, -0.15) is 0 Å². The van der Waals surface area contributed by atoms with Crippen molar-refractivity contribution in [1.29, 1.82) is 0 Å². The zero-order chi connectivity index (χ0) is 22.7. The van der Waals surface area contributed by atoms with E-state index in [0.29, 0.717) is 0 Å². The third-order valence-electron chi connectivity index (χ3n) is 4.87. The molecule has 0 atom stereocenters. The molecule has 0 spiro atoms. The van der Waals surface area contributed by atoms with Crippen molar-refractivity contribution in [3.05, 3.63) is 106 Å². The van der Waals surface area contributed by atoms with Gasteiger partial charge in [0.25, 0.3) is 11.8 Å². The van der Waals surface area contributed by atoms with Gasteiger partial charge in [-0.15, -0.1) is 5.06 Å². The van der Waals surface area contributed by atoms with Gasteiger partial charge < -0.3 is 9.47 Å². The van der Waals surface area contributed by atoms with Crippen LogP contribution in [-0.4, -0.2) is 34.0 Å². The van der Waals surface area contributed by atoms with Gasteiger partial charge in [0, 0.05) is 0 Å². The molecule has 0 fully saturated rings. The molecule has 2 amide bonds. The van der Waals surface area contributed by atoms with Gasteiger partial charge in [0.05, 0.1) is 22.3 Å². The Balaban J connectivity index is 1.64. The number of carbonyl (C=O) groups is 4. The predicted octanol–water partition coefficient (Wildman–Crippen LogP) is 3.39. The van der Waals surface area contributed by atoms with Crippen LogP contribution in [0.1, 0.15) is 52.6 Å². The average molecular weight is 431 g/mol. The van der Waals surface area contributed by atoms with E-state index < -0.39 is 23.8 Å². The molecule has 0 aliphatic carbocycles. The third-order valence-corrected chi connectivity index (χ3v) is 4.87. The number of fused-ring (bicyclic) bond motifs is 1. The number of hydrogen-bond donors (Lipinski definition) is 1. The Hall–Kier alpha value is -4.30. The predicted molar refractivity (Wildman–Crippen MR) is 110 cm³/mol. The van der Waals surface area contributed by atoms with Gasteiger partial charge in [-0.3, -0.25) is 14.8 Å². The first kappa shape index (κ1) is 21.0. The van der Waals surface area contributed by atoms with Crippen LogP contribution in [0.15, 0.2) is 72.8 Å². The lowest BCUT2D eigenvalue weighted by Gasteiger charge is -2.11. The Morgan fingerprint density at radius 1 is 0.688 bits per heavy atom. The highest BCUT2D eigenvalue weighted by atomic mass is 16.5. The molecule has 1 aliphatic heterocycles. The van der Waals surface area contributed by atoms with Crippen molar-refractivity contribution < 1.29 is 33.9 Å². The highest BCUT2D eigenvalue weighted by Crippen LogP contribution is 2.27. The van der Waals surface area contributed by atoms with Gasteiger partial charge in [-0.1, -0.05) is 60.7 Å². The minimum absolute atomic E-state index is 0.0612. The van der Waals surface area contributed by atoms with Crippen LogP contribution >= 0.6 is 0 Å². The zero-order valence-corrected chi connectivity index (χ0v) is 16.7. The van der Waals surface area contributed by atoms with E-state index >= 15 is 0 Å². The van der Waals surface area contributed by atoms with E-state index in [-0.39, 0.29) is 40.5 Å². The molecular formula is C24H17NO7. The zero-order valence-electron chi connectivity index (χ0n) is 16.7. The molecular weight excluding hydrogens is 414 g/mol. The summed E-state index contributed by atoms with van der Waals surface area (Å²) in [4.78, 5) is 49.8. The monoisotopic (exact) mass is 431 g/mol. The van der Waals surface area contributed by atoms with E-state index in [1.165, 1.54) is 0 Å². The van der Waals surface area contributed by atoms with Gasteiger partial charge in [0.1, 0.15) is 13.2 Å². The van der Waals surface area contributed by atoms with Crippen molar-refractivity contribution in [3.63, 3.8) is 0 Å². The molecule has 0 saturated carbocycles. The van der Waals surface area contributed by atoms with Crippen molar-refractivity contribution in [3.8, 4) is 0 Å². The molecule has 1 aliphatic rings. The minimum atomic E-state index is -0.994. The lowest BCUT2D eigenvalue weighted by Crippen LogP contribution is -2.25. The summed E-state index contributed by atoms with van der Waals surface area (Å²) in [6.45, 7) is -0.122. The third kappa shape index (κ3) is 4.12. The second-order valence-corrected chi connectivity index (χ2v) is 6.99. The van der Waals surface area contributed by atoms with Crippen LogP contribution in [-0.2, 0) is 22.7 Å². The van der Waals surface area contributed by atoms with E-state index in [9.17, 15) is 24.4 Å². The number of nitrogens with zero attached hydrogens (tertiary/aromatic N) is 1. The van der Waals surface area contributed by atoms with Crippen LogP contribution in [0, 0.1) is 0 Å². The Labute approximate surface area is 182 Å². The molecule has 3 aromatic rings. The normalized spacial score (nSPS) is 12.5. The van der Waals surface area contributed by atoms with E-state index in [0.717, 1.165) is 23.3 Å². The fourth-order valence-corrected chi connectivity index (χ4v) is 3.21. The molecule has 0 saturated heterocycles. The first-order chi connectivity index (χ1) is 15.5. The van der Waals surface area contributed by atoms with Crippen LogP contribution < -0.4 is 0 Å². The topological polar surface area (TPSA) is 110 Å². The summed E-state index contributed by atoms with van der Waals surface area (Å²) in [6.07, 6.45) is 0. The quantitative estimate of drug-likeness (QED) is 0.362. The number of carbonyl (C=O) groups excluding carboxylic acids is 4. The summed E-state index contributed by atoms with van der Waals surface area (Å²) in [5.74, 6) is -3.74. The summed E-state index contributed by atoms with van der Waals surface area (Å²) in [5.41, 5.74) is 0.557. The smallest absolute Gasteiger partial charge is 0.339 e. The maximum absolute atomic E-state index is 12.8. The van der Waals surface area contributed by atoms with Crippen LogP contribution in [0.2, 0.25) is 0 Å². The summed E-state index contributed by atoms with van der Waals surface area (Å²) < 4.78 is 10.6. The largest absolute Gasteiger partial charge is 0.457 e. The average Bonchev–Trinajstić information content (AvgIpc) is 3.05. The second kappa shape index (κ2) is 8.83. The number of amides is 2. The molecule has 160 valence electrons. The molecule has 0 bridgehead atoms. The van der Waals surface area contributed by atoms with E-state index in [4.69, 9.17) is 9.47 Å². The van der Waals surface area contributed by atoms with Crippen LogP contribution in [0.5, 0.6) is 0 Å². The lowest BCUT2D eigenvalue weighted by molar-refractivity contribution is -0.0327. The number of hydroxylamine groups is 2. The lowest BCUT2D eigenvalue weighted by atomic mass is 9.99. The van der Waals surface area contributed by atoms with Crippen LogP contribution in [0.25, 0.3) is 0 Å². The Morgan fingerprint density at radius 2 is 1.06 bits per heavy atom. The van der Waals surface area contributed by atoms with E-state index in [2.05, 4.69) is 0 Å². The first-order valence-electron chi connectivity index (χ1n) is 9.63. The molecule has 0 radical (unpaired) electrons. The van der Waals surface area contributed by atoms with Crippen LogP contribution in [0.4, 0.5) is 0 Å². The number of hydrogen-bond acceptors (Lipinski definition) is 7. The number of esters is 2. The van der Waals surface area contributed by atoms with Gasteiger partial charge in [-0.05, 0) is 23.3 Å². The highest BCUT2D eigenvalue weighted by Gasteiger charge is 2.38. The molecule has 4 rings (SSSR count). The summed E-state index contributed by atoms with van der Waals surface area (Å²) >= 11 is 0. The van der Waals surface area contributed by atoms with Crippen molar-refractivity contribution in [2.24, 2.45) is 0 Å². The van der Waals surface area contributed by atoms with Gasteiger partial charge >= 0.3 is 11.9 Å². The molecule has 0 aromatic heterocycles. The standard InChI is InChI=1S/C24H17NO7/c26-21-17-11-19(23(28)31-13-15-7-3-1-4-8-15)20(12-18(17)22(27)25(21)30)24(29)32-14-16-9-5-2-6-10-16/h1-12,30H,13-14H2.